The van der Waals surface area contributed by atoms with E-state index in [0.29, 0.717) is 5.92 Å². The van der Waals surface area contributed by atoms with Gasteiger partial charge in [-0.2, -0.15) is 17.5 Å². The van der Waals surface area contributed by atoms with E-state index in [1.54, 1.807) is 0 Å². The van der Waals surface area contributed by atoms with Crippen LogP contribution < -0.4 is 5.73 Å². The first-order valence-electron chi connectivity index (χ1n) is 10.6. The molecule has 4 nitrogen and oxygen atoms in total. The first-order valence-corrected chi connectivity index (χ1v) is 12.0. The van der Waals surface area contributed by atoms with Crippen LogP contribution in [-0.2, 0) is 16.2 Å². The Morgan fingerprint density at radius 2 is 1.77 bits per heavy atom. The van der Waals surface area contributed by atoms with Crippen molar-refractivity contribution in [2.24, 2.45) is 11.7 Å². The number of benzene rings is 1. The Morgan fingerprint density at radius 1 is 1.17 bits per heavy atom. The summed E-state index contributed by atoms with van der Waals surface area (Å²) in [7, 11) is -2.28. The number of rotatable bonds is 10. The fourth-order valence-corrected chi connectivity index (χ4v) is 5.56. The molecule has 170 valence electrons. The monoisotopic (exact) mass is 446 g/mol. The number of hydrogen-bond acceptors (Lipinski definition) is 3. The topological polar surface area (TPSA) is 63.4 Å². The van der Waals surface area contributed by atoms with Crippen molar-refractivity contribution in [1.29, 1.82) is 0 Å². The van der Waals surface area contributed by atoms with Gasteiger partial charge in [0.2, 0.25) is 10.0 Å². The van der Waals surface area contributed by atoms with Crippen LogP contribution in [0.15, 0.2) is 41.8 Å². The zero-order valence-corrected chi connectivity index (χ0v) is 18.4. The molecule has 1 unspecified atom stereocenters. The number of nitrogens with two attached hydrogens (primary N) is 1. The fourth-order valence-electron chi connectivity index (χ4n) is 4.15. The Hall–Kier alpha value is -1.38. The van der Waals surface area contributed by atoms with E-state index < -0.39 is 21.8 Å². The van der Waals surface area contributed by atoms with E-state index in [4.69, 9.17) is 5.73 Å². The van der Waals surface area contributed by atoms with Crippen LogP contribution in [0.2, 0.25) is 0 Å². The van der Waals surface area contributed by atoms with Crippen LogP contribution in [0.4, 0.5) is 13.2 Å². The van der Waals surface area contributed by atoms with Gasteiger partial charge >= 0.3 is 6.18 Å². The van der Waals surface area contributed by atoms with Crippen LogP contribution >= 0.6 is 0 Å². The highest BCUT2D eigenvalue weighted by Gasteiger charge is 2.33. The predicted molar refractivity (Wildman–Crippen MR) is 113 cm³/mol. The molecule has 0 aromatic heterocycles. The normalized spacial score (nSPS) is 21.5. The summed E-state index contributed by atoms with van der Waals surface area (Å²) in [6, 6.07) is 3.78. The number of unbranched alkanes of at least 4 members (excludes halogenated alkanes) is 1. The molecule has 30 heavy (non-hydrogen) atoms. The lowest BCUT2D eigenvalue weighted by molar-refractivity contribution is -0.137. The quantitative estimate of drug-likeness (QED) is 0.389. The second-order valence-electron chi connectivity index (χ2n) is 8.29. The number of halogens is 3. The van der Waals surface area contributed by atoms with Gasteiger partial charge in [0.15, 0.2) is 0 Å². The smallest absolute Gasteiger partial charge is 0.327 e. The molecule has 0 radical (unpaired) electrons. The summed E-state index contributed by atoms with van der Waals surface area (Å²) in [4.78, 5) is -0.101. The highest BCUT2D eigenvalue weighted by molar-refractivity contribution is 7.89. The van der Waals surface area contributed by atoms with Crippen molar-refractivity contribution < 1.29 is 21.6 Å². The molecular weight excluding hydrogens is 413 g/mol. The summed E-state index contributed by atoms with van der Waals surface area (Å²) in [5.41, 5.74) is 5.13. The number of alkyl halides is 3. The zero-order chi connectivity index (χ0) is 22.4. The third-order valence-electron chi connectivity index (χ3n) is 6.10. The third kappa shape index (κ3) is 6.82. The zero-order valence-electron chi connectivity index (χ0n) is 17.6. The Kier molecular flexibility index (Phi) is 8.94. The Balaban J connectivity index is 1.84. The van der Waals surface area contributed by atoms with Crippen molar-refractivity contribution in [3.8, 4) is 0 Å². The maximum Gasteiger partial charge on any atom is 0.416 e. The lowest BCUT2D eigenvalue weighted by atomic mass is 9.83. The fraction of sp³-hybridized carbons (Fsp3) is 0.636. The second kappa shape index (κ2) is 10.8. The number of sulfonamides is 1. The molecule has 1 aromatic rings. The Morgan fingerprint density at radius 3 is 2.30 bits per heavy atom. The van der Waals surface area contributed by atoms with E-state index >= 15 is 0 Å². The SMILES string of the molecule is C=CCC(N)CCCCC1CCC(N(C)S(=O)(=O)c2ccc(C(F)(F)F)cc2)CC1. The summed E-state index contributed by atoms with van der Waals surface area (Å²) in [5.74, 6) is 0.596. The molecule has 1 aliphatic carbocycles. The predicted octanol–water partition coefficient (Wildman–Crippen LogP) is 5.35. The molecule has 0 spiro atoms. The molecule has 0 amide bonds. The summed E-state index contributed by atoms with van der Waals surface area (Å²) < 4.78 is 65.1. The second-order valence-corrected chi connectivity index (χ2v) is 10.3. The molecule has 0 bridgehead atoms. The van der Waals surface area contributed by atoms with Gasteiger partial charge in [-0.15, -0.1) is 6.58 Å². The van der Waals surface area contributed by atoms with Crippen molar-refractivity contribution in [2.75, 3.05) is 7.05 Å². The van der Waals surface area contributed by atoms with Crippen molar-refractivity contribution in [1.82, 2.24) is 4.31 Å². The lowest BCUT2D eigenvalue weighted by Gasteiger charge is -2.34. The minimum atomic E-state index is -4.48. The molecule has 1 aliphatic rings. The molecule has 8 heteroatoms. The van der Waals surface area contributed by atoms with Gasteiger partial charge in [-0.05, 0) is 68.7 Å². The average Bonchev–Trinajstić information content (AvgIpc) is 2.71. The Bertz CT molecular complexity index is 771. The van der Waals surface area contributed by atoms with E-state index in [0.717, 1.165) is 82.1 Å². The highest BCUT2D eigenvalue weighted by atomic mass is 32.2. The molecule has 2 N–H and O–H groups in total. The largest absolute Gasteiger partial charge is 0.416 e. The first kappa shape index (κ1) is 24.9. The summed E-state index contributed by atoms with van der Waals surface area (Å²) in [5, 5.41) is 0. The molecule has 0 heterocycles. The summed E-state index contributed by atoms with van der Waals surface area (Å²) in [6.45, 7) is 3.70. The molecule has 1 atom stereocenters. The molecule has 0 saturated heterocycles. The molecule has 2 rings (SSSR count). The summed E-state index contributed by atoms with van der Waals surface area (Å²) in [6.07, 6.45) is 6.03. The van der Waals surface area contributed by atoms with Gasteiger partial charge in [-0.1, -0.05) is 25.3 Å². The maximum absolute atomic E-state index is 12.8. The van der Waals surface area contributed by atoms with E-state index in [2.05, 4.69) is 6.58 Å². The van der Waals surface area contributed by atoms with Crippen LogP contribution in [0, 0.1) is 5.92 Å². The van der Waals surface area contributed by atoms with Gasteiger partial charge in [-0.3, -0.25) is 0 Å². The maximum atomic E-state index is 12.8. The van der Waals surface area contributed by atoms with Crippen molar-refractivity contribution >= 4 is 10.0 Å². The van der Waals surface area contributed by atoms with Crippen LogP contribution in [0.3, 0.4) is 0 Å². The number of hydrogen-bond donors (Lipinski definition) is 1. The Labute approximate surface area is 178 Å². The van der Waals surface area contributed by atoms with Crippen LogP contribution in [0.1, 0.15) is 63.4 Å². The van der Waals surface area contributed by atoms with Gasteiger partial charge in [0.25, 0.3) is 0 Å². The summed E-state index contributed by atoms with van der Waals surface area (Å²) >= 11 is 0. The van der Waals surface area contributed by atoms with Gasteiger partial charge in [0.05, 0.1) is 10.5 Å². The number of nitrogens with zero attached hydrogens (tertiary/aromatic N) is 1. The van der Waals surface area contributed by atoms with Crippen molar-refractivity contribution in [2.45, 2.75) is 80.9 Å². The molecule has 1 fully saturated rings. The van der Waals surface area contributed by atoms with Crippen LogP contribution in [0.25, 0.3) is 0 Å². The van der Waals surface area contributed by atoms with Crippen molar-refractivity contribution in [3.63, 3.8) is 0 Å². The van der Waals surface area contributed by atoms with Crippen LogP contribution in [-0.4, -0.2) is 31.9 Å². The van der Waals surface area contributed by atoms with Gasteiger partial charge in [0, 0.05) is 19.1 Å². The minimum Gasteiger partial charge on any atom is -0.327 e. The standard InChI is InChI=1S/C22H33F3N2O2S/c1-3-6-19(26)8-5-4-7-17-9-13-20(14-10-17)27(2)30(28,29)21-15-11-18(12-16-21)22(23,24)25/h3,11-12,15-17,19-20H,1,4-10,13-14,26H2,2H3. The molecule has 0 aliphatic heterocycles. The highest BCUT2D eigenvalue weighted by Crippen LogP contribution is 2.34. The first-order chi connectivity index (χ1) is 14.1. The molecular formula is C22H33F3N2O2S. The van der Waals surface area contributed by atoms with Gasteiger partial charge in [0.1, 0.15) is 0 Å². The van der Waals surface area contributed by atoms with Gasteiger partial charge < -0.3 is 5.73 Å². The van der Waals surface area contributed by atoms with E-state index in [1.807, 2.05) is 6.08 Å². The van der Waals surface area contributed by atoms with E-state index in [9.17, 15) is 21.6 Å². The molecule has 1 saturated carbocycles. The average molecular weight is 447 g/mol. The van der Waals surface area contributed by atoms with E-state index in [1.165, 1.54) is 11.4 Å². The van der Waals surface area contributed by atoms with Crippen LogP contribution in [0.5, 0.6) is 0 Å². The minimum absolute atomic E-state index is 0.101. The third-order valence-corrected chi connectivity index (χ3v) is 8.02. The van der Waals surface area contributed by atoms with Crippen molar-refractivity contribution in [3.05, 3.63) is 42.5 Å². The van der Waals surface area contributed by atoms with E-state index in [-0.39, 0.29) is 17.0 Å². The lowest BCUT2D eigenvalue weighted by Crippen LogP contribution is -2.39. The van der Waals surface area contributed by atoms with Gasteiger partial charge in [-0.25, -0.2) is 8.42 Å². The molecule has 1 aromatic carbocycles.